The predicted octanol–water partition coefficient (Wildman–Crippen LogP) is 0.509. The predicted molar refractivity (Wildman–Crippen MR) is 70.4 cm³/mol. The van der Waals surface area contributed by atoms with Crippen molar-refractivity contribution in [2.75, 3.05) is 13.2 Å². The molecule has 2 rings (SSSR count). The van der Waals surface area contributed by atoms with Gasteiger partial charge in [-0.1, -0.05) is 12.8 Å². The molecule has 108 valence electrons. The number of ether oxygens (including phenoxy) is 1. The second-order valence-corrected chi connectivity index (χ2v) is 5.41. The van der Waals surface area contributed by atoms with E-state index in [1.54, 1.807) is 0 Å². The number of piperidine rings is 1. The Morgan fingerprint density at radius 2 is 2.00 bits per heavy atom. The van der Waals surface area contributed by atoms with Crippen LogP contribution < -0.4 is 16.4 Å². The van der Waals surface area contributed by atoms with E-state index in [1.165, 1.54) is 25.7 Å². The van der Waals surface area contributed by atoms with Crippen LogP contribution in [0.25, 0.3) is 0 Å². The Labute approximate surface area is 113 Å². The van der Waals surface area contributed by atoms with Crippen molar-refractivity contribution in [3.05, 3.63) is 0 Å². The summed E-state index contributed by atoms with van der Waals surface area (Å²) in [5.41, 5.74) is 4.84. The van der Waals surface area contributed by atoms with Crippen LogP contribution in [0.15, 0.2) is 0 Å². The zero-order valence-electron chi connectivity index (χ0n) is 11.2. The fourth-order valence-corrected chi connectivity index (χ4v) is 3.15. The summed E-state index contributed by atoms with van der Waals surface area (Å²) in [6.07, 6.45) is 6.27. The molecule has 0 aromatic rings. The Morgan fingerprint density at radius 3 is 2.79 bits per heavy atom. The van der Waals surface area contributed by atoms with Gasteiger partial charge in [0.05, 0.1) is 12.6 Å². The first kappa shape index (κ1) is 14.1. The minimum atomic E-state index is -0.810. The zero-order valence-corrected chi connectivity index (χ0v) is 11.2. The van der Waals surface area contributed by atoms with E-state index in [-0.39, 0.29) is 18.6 Å². The number of hydrogen-bond acceptors (Lipinski definition) is 4. The first-order chi connectivity index (χ1) is 9.16. The number of nitrogens with one attached hydrogen (secondary N) is 2. The van der Waals surface area contributed by atoms with E-state index in [9.17, 15) is 9.59 Å². The highest BCUT2D eigenvalue weighted by atomic mass is 16.5. The molecule has 4 N–H and O–H groups in total. The standard InChI is InChI=1S/C13H23N3O3/c14-13(18)19-8-7-15-12(17)11-6-5-9-3-1-2-4-10(9)16-11/h9-11,16H,1-8H2,(H2,14,18)(H,15,17). The van der Waals surface area contributed by atoms with E-state index in [4.69, 9.17) is 5.73 Å². The lowest BCUT2D eigenvalue weighted by Crippen LogP contribution is -2.55. The van der Waals surface area contributed by atoms with Crippen LogP contribution in [0.5, 0.6) is 0 Å². The van der Waals surface area contributed by atoms with E-state index < -0.39 is 6.09 Å². The normalized spacial score (nSPS) is 30.2. The molecule has 1 saturated heterocycles. The lowest BCUT2D eigenvalue weighted by molar-refractivity contribution is -0.124. The minimum Gasteiger partial charge on any atom is -0.448 e. The summed E-state index contributed by atoms with van der Waals surface area (Å²) in [7, 11) is 0. The van der Waals surface area contributed by atoms with Crippen LogP contribution in [0.3, 0.4) is 0 Å². The van der Waals surface area contributed by atoms with Gasteiger partial charge in [-0.05, 0) is 31.6 Å². The lowest BCUT2D eigenvalue weighted by Gasteiger charge is -2.39. The van der Waals surface area contributed by atoms with Gasteiger partial charge in [-0.2, -0.15) is 0 Å². The third-order valence-corrected chi connectivity index (χ3v) is 4.11. The molecule has 19 heavy (non-hydrogen) atoms. The van der Waals surface area contributed by atoms with Crippen LogP contribution in [-0.4, -0.2) is 37.2 Å². The van der Waals surface area contributed by atoms with Gasteiger partial charge >= 0.3 is 6.09 Å². The number of fused-ring (bicyclic) bond motifs is 1. The van der Waals surface area contributed by atoms with Crippen LogP contribution in [0, 0.1) is 5.92 Å². The van der Waals surface area contributed by atoms with Crippen LogP contribution in [-0.2, 0) is 9.53 Å². The number of primary amides is 1. The summed E-state index contributed by atoms with van der Waals surface area (Å²) in [5.74, 6) is 0.744. The van der Waals surface area contributed by atoms with Crippen molar-refractivity contribution < 1.29 is 14.3 Å². The van der Waals surface area contributed by atoms with Crippen molar-refractivity contribution in [3.63, 3.8) is 0 Å². The van der Waals surface area contributed by atoms with Gasteiger partial charge in [0.1, 0.15) is 6.61 Å². The number of hydrogen-bond donors (Lipinski definition) is 3. The highest BCUT2D eigenvalue weighted by Gasteiger charge is 2.34. The summed E-state index contributed by atoms with van der Waals surface area (Å²) in [5, 5.41) is 6.23. The highest BCUT2D eigenvalue weighted by molar-refractivity contribution is 5.81. The van der Waals surface area contributed by atoms with Crippen molar-refractivity contribution in [1.82, 2.24) is 10.6 Å². The van der Waals surface area contributed by atoms with Gasteiger partial charge in [0.15, 0.2) is 0 Å². The molecular formula is C13H23N3O3. The van der Waals surface area contributed by atoms with E-state index in [1.807, 2.05) is 0 Å². The molecule has 1 aliphatic heterocycles. The van der Waals surface area contributed by atoms with Crippen molar-refractivity contribution in [1.29, 1.82) is 0 Å². The van der Waals surface area contributed by atoms with Crippen molar-refractivity contribution in [2.24, 2.45) is 11.7 Å². The Kier molecular flexibility index (Phi) is 5.01. The molecule has 2 amide bonds. The van der Waals surface area contributed by atoms with Crippen LogP contribution in [0.1, 0.15) is 38.5 Å². The summed E-state index contributed by atoms with van der Waals surface area (Å²) >= 11 is 0. The van der Waals surface area contributed by atoms with E-state index in [0.717, 1.165) is 18.8 Å². The maximum Gasteiger partial charge on any atom is 0.404 e. The summed E-state index contributed by atoms with van der Waals surface area (Å²) in [6.45, 7) is 0.438. The van der Waals surface area contributed by atoms with Crippen LogP contribution in [0.2, 0.25) is 0 Å². The van der Waals surface area contributed by atoms with Crippen molar-refractivity contribution in [2.45, 2.75) is 50.6 Å². The smallest absolute Gasteiger partial charge is 0.404 e. The second-order valence-electron chi connectivity index (χ2n) is 5.41. The molecular weight excluding hydrogens is 246 g/mol. The Bertz CT molecular complexity index is 335. The van der Waals surface area contributed by atoms with Crippen molar-refractivity contribution >= 4 is 12.0 Å². The molecule has 6 nitrogen and oxygen atoms in total. The fraction of sp³-hybridized carbons (Fsp3) is 0.846. The third kappa shape index (κ3) is 4.09. The molecule has 0 radical (unpaired) electrons. The van der Waals surface area contributed by atoms with E-state index in [0.29, 0.717) is 12.6 Å². The quantitative estimate of drug-likeness (QED) is 0.648. The molecule has 0 bridgehead atoms. The molecule has 0 spiro atoms. The van der Waals surface area contributed by atoms with Gasteiger partial charge in [-0.15, -0.1) is 0 Å². The number of carbonyl (C=O) groups is 2. The Hall–Kier alpha value is -1.30. The minimum absolute atomic E-state index is 0.00269. The maximum atomic E-state index is 12.0. The van der Waals surface area contributed by atoms with Gasteiger partial charge in [-0.3, -0.25) is 4.79 Å². The maximum absolute atomic E-state index is 12.0. The molecule has 1 aliphatic carbocycles. The highest BCUT2D eigenvalue weighted by Crippen LogP contribution is 2.32. The van der Waals surface area contributed by atoms with Gasteiger partial charge in [-0.25, -0.2) is 4.79 Å². The molecule has 1 heterocycles. The SMILES string of the molecule is NC(=O)OCCNC(=O)C1CCC2CCCCC2N1. The summed E-state index contributed by atoms with van der Waals surface area (Å²) < 4.78 is 4.57. The first-order valence-corrected chi connectivity index (χ1v) is 7.13. The van der Waals surface area contributed by atoms with Crippen LogP contribution >= 0.6 is 0 Å². The largest absolute Gasteiger partial charge is 0.448 e. The molecule has 0 aromatic carbocycles. The Balaban J connectivity index is 1.69. The monoisotopic (exact) mass is 269 g/mol. The number of rotatable bonds is 4. The molecule has 3 atom stereocenters. The zero-order chi connectivity index (χ0) is 13.7. The molecule has 2 aliphatic rings. The van der Waals surface area contributed by atoms with Crippen LogP contribution in [0.4, 0.5) is 4.79 Å². The van der Waals surface area contributed by atoms with Crippen molar-refractivity contribution in [3.8, 4) is 0 Å². The second kappa shape index (κ2) is 6.75. The number of nitrogens with two attached hydrogens (primary N) is 1. The molecule has 6 heteroatoms. The molecule has 1 saturated carbocycles. The average Bonchev–Trinajstić information content (AvgIpc) is 2.42. The fourth-order valence-electron chi connectivity index (χ4n) is 3.15. The topological polar surface area (TPSA) is 93.5 Å². The first-order valence-electron chi connectivity index (χ1n) is 7.13. The summed E-state index contributed by atoms with van der Waals surface area (Å²) in [4.78, 5) is 22.3. The summed E-state index contributed by atoms with van der Waals surface area (Å²) in [6, 6.07) is 0.396. The van der Waals surface area contributed by atoms with Gasteiger partial charge in [0, 0.05) is 6.04 Å². The van der Waals surface area contributed by atoms with E-state index in [2.05, 4.69) is 15.4 Å². The average molecular weight is 269 g/mol. The Morgan fingerprint density at radius 1 is 1.21 bits per heavy atom. The number of amides is 2. The molecule has 3 unspecified atom stereocenters. The third-order valence-electron chi connectivity index (χ3n) is 4.11. The van der Waals surface area contributed by atoms with E-state index >= 15 is 0 Å². The molecule has 2 fully saturated rings. The van der Waals surface area contributed by atoms with Gasteiger partial charge in [0.2, 0.25) is 5.91 Å². The lowest BCUT2D eigenvalue weighted by atomic mass is 9.77. The van der Waals surface area contributed by atoms with Gasteiger partial charge < -0.3 is 21.1 Å². The number of carbonyl (C=O) groups excluding carboxylic acids is 2. The molecule has 0 aromatic heterocycles. The van der Waals surface area contributed by atoms with Gasteiger partial charge in [0.25, 0.3) is 0 Å².